The minimum Gasteiger partial charge on any atom is -0.397 e. The van der Waals surface area contributed by atoms with Gasteiger partial charge in [0.1, 0.15) is 0 Å². The summed E-state index contributed by atoms with van der Waals surface area (Å²) in [7, 11) is 3.48. The lowest BCUT2D eigenvalue weighted by molar-refractivity contribution is 0.0827. The highest BCUT2D eigenvalue weighted by atomic mass is 16.2. The molecule has 0 radical (unpaired) electrons. The summed E-state index contributed by atoms with van der Waals surface area (Å²) in [5.41, 5.74) is 8.50. The summed E-state index contributed by atoms with van der Waals surface area (Å²) in [6.07, 6.45) is 4.77. The number of carbonyl (C=O) groups excluding carboxylic acids is 1. The van der Waals surface area contributed by atoms with Crippen LogP contribution >= 0.6 is 0 Å². The van der Waals surface area contributed by atoms with Crippen LogP contribution in [0.15, 0.2) is 18.2 Å². The summed E-state index contributed by atoms with van der Waals surface area (Å²) < 4.78 is 0. The van der Waals surface area contributed by atoms with Crippen molar-refractivity contribution >= 4 is 17.3 Å². The first-order chi connectivity index (χ1) is 8.97. The number of benzene rings is 1. The standard InChI is InChI=1S/C15H23N3O/c1-4-15(8-5-9-15)17-13-7-6-11(10-12(13)16)14(19)18(2)3/h6-7,10,17H,4-5,8-9,16H2,1-3H3. The number of nitrogen functional groups attached to an aromatic ring is 1. The van der Waals surface area contributed by atoms with Gasteiger partial charge in [-0.2, -0.15) is 0 Å². The molecule has 0 aromatic heterocycles. The fraction of sp³-hybridized carbons (Fsp3) is 0.533. The summed E-state index contributed by atoms with van der Waals surface area (Å²) >= 11 is 0. The fourth-order valence-corrected chi connectivity index (χ4v) is 2.52. The molecule has 0 heterocycles. The predicted octanol–water partition coefficient (Wildman–Crippen LogP) is 2.72. The molecule has 1 aliphatic rings. The molecule has 0 atom stereocenters. The Morgan fingerprint density at radius 2 is 2.11 bits per heavy atom. The maximum absolute atomic E-state index is 11.9. The Morgan fingerprint density at radius 3 is 2.53 bits per heavy atom. The molecule has 0 bridgehead atoms. The van der Waals surface area contributed by atoms with Crippen LogP contribution in [0.5, 0.6) is 0 Å². The van der Waals surface area contributed by atoms with Crippen molar-refractivity contribution in [3.05, 3.63) is 23.8 Å². The molecular weight excluding hydrogens is 238 g/mol. The van der Waals surface area contributed by atoms with E-state index in [1.54, 1.807) is 25.1 Å². The summed E-state index contributed by atoms with van der Waals surface area (Å²) in [4.78, 5) is 13.4. The molecule has 1 amide bonds. The van der Waals surface area contributed by atoms with Crippen molar-refractivity contribution in [2.24, 2.45) is 0 Å². The number of nitrogens with one attached hydrogen (secondary N) is 1. The second-order valence-electron chi connectivity index (χ2n) is 5.61. The first-order valence-electron chi connectivity index (χ1n) is 6.87. The number of anilines is 2. The number of carbonyl (C=O) groups is 1. The zero-order chi connectivity index (χ0) is 14.0. The first kappa shape index (κ1) is 13.7. The minimum atomic E-state index is -0.0212. The topological polar surface area (TPSA) is 58.4 Å². The molecule has 3 N–H and O–H groups in total. The van der Waals surface area contributed by atoms with Gasteiger partial charge in [-0.05, 0) is 43.9 Å². The Balaban J connectivity index is 2.18. The zero-order valence-corrected chi connectivity index (χ0v) is 12.0. The monoisotopic (exact) mass is 261 g/mol. The molecule has 1 aromatic carbocycles. The van der Waals surface area contributed by atoms with E-state index in [1.807, 2.05) is 12.1 Å². The van der Waals surface area contributed by atoms with E-state index in [4.69, 9.17) is 5.73 Å². The quantitative estimate of drug-likeness (QED) is 0.819. The third-order valence-corrected chi connectivity index (χ3v) is 4.09. The third-order valence-electron chi connectivity index (χ3n) is 4.09. The third kappa shape index (κ3) is 2.67. The van der Waals surface area contributed by atoms with Crippen molar-refractivity contribution in [2.75, 3.05) is 25.1 Å². The molecule has 0 saturated heterocycles. The highest BCUT2D eigenvalue weighted by molar-refractivity contribution is 5.95. The van der Waals surface area contributed by atoms with Crippen molar-refractivity contribution in [3.63, 3.8) is 0 Å². The minimum absolute atomic E-state index is 0.0212. The van der Waals surface area contributed by atoms with Gasteiger partial charge >= 0.3 is 0 Å². The van der Waals surface area contributed by atoms with Gasteiger partial charge in [0.25, 0.3) is 5.91 Å². The Labute approximate surface area is 115 Å². The first-order valence-corrected chi connectivity index (χ1v) is 6.87. The molecule has 1 aromatic rings. The SMILES string of the molecule is CCC1(Nc2ccc(C(=O)N(C)C)cc2N)CCC1. The second kappa shape index (κ2) is 5.11. The number of amides is 1. The van der Waals surface area contributed by atoms with E-state index in [9.17, 15) is 4.79 Å². The molecule has 1 aliphatic carbocycles. The molecule has 4 nitrogen and oxygen atoms in total. The summed E-state index contributed by atoms with van der Waals surface area (Å²) in [6, 6.07) is 5.51. The summed E-state index contributed by atoms with van der Waals surface area (Å²) in [6.45, 7) is 2.20. The van der Waals surface area contributed by atoms with Gasteiger partial charge in [-0.25, -0.2) is 0 Å². The summed E-state index contributed by atoms with van der Waals surface area (Å²) in [5, 5.41) is 3.56. The molecular formula is C15H23N3O. The van der Waals surface area contributed by atoms with Crippen molar-refractivity contribution in [1.82, 2.24) is 4.90 Å². The normalized spacial score (nSPS) is 16.6. The van der Waals surface area contributed by atoms with E-state index in [-0.39, 0.29) is 11.4 Å². The maximum atomic E-state index is 11.9. The Kier molecular flexibility index (Phi) is 3.69. The molecule has 104 valence electrons. The predicted molar refractivity (Wildman–Crippen MR) is 79.4 cm³/mol. The molecule has 4 heteroatoms. The summed E-state index contributed by atoms with van der Waals surface area (Å²) in [5.74, 6) is -0.0212. The van der Waals surface area contributed by atoms with Gasteiger partial charge in [0, 0.05) is 25.2 Å². The van der Waals surface area contributed by atoms with Gasteiger partial charge in [-0.1, -0.05) is 6.92 Å². The van der Waals surface area contributed by atoms with E-state index < -0.39 is 0 Å². The van der Waals surface area contributed by atoms with Crippen LogP contribution in [0, 0.1) is 0 Å². The van der Waals surface area contributed by atoms with Crippen LogP contribution in [-0.2, 0) is 0 Å². The Hall–Kier alpha value is -1.71. The average Bonchev–Trinajstić information content (AvgIpc) is 2.34. The van der Waals surface area contributed by atoms with Gasteiger partial charge in [-0.3, -0.25) is 4.79 Å². The molecule has 2 rings (SSSR count). The van der Waals surface area contributed by atoms with Crippen LogP contribution in [0.4, 0.5) is 11.4 Å². The van der Waals surface area contributed by atoms with Gasteiger partial charge in [-0.15, -0.1) is 0 Å². The van der Waals surface area contributed by atoms with Crippen LogP contribution in [0.2, 0.25) is 0 Å². The maximum Gasteiger partial charge on any atom is 0.253 e. The average molecular weight is 261 g/mol. The zero-order valence-electron chi connectivity index (χ0n) is 12.0. The van der Waals surface area contributed by atoms with Gasteiger partial charge in [0.2, 0.25) is 0 Å². The molecule has 1 fully saturated rings. The number of rotatable bonds is 4. The Bertz CT molecular complexity index is 473. The number of nitrogens with two attached hydrogens (primary N) is 1. The van der Waals surface area contributed by atoms with Crippen LogP contribution in [-0.4, -0.2) is 30.4 Å². The second-order valence-corrected chi connectivity index (χ2v) is 5.61. The molecule has 19 heavy (non-hydrogen) atoms. The lowest BCUT2D eigenvalue weighted by Gasteiger charge is -2.43. The highest BCUT2D eigenvalue weighted by Crippen LogP contribution is 2.39. The van der Waals surface area contributed by atoms with Crippen LogP contribution < -0.4 is 11.1 Å². The largest absolute Gasteiger partial charge is 0.397 e. The van der Waals surface area contributed by atoms with Crippen LogP contribution in [0.3, 0.4) is 0 Å². The van der Waals surface area contributed by atoms with Crippen LogP contribution in [0.1, 0.15) is 43.0 Å². The van der Waals surface area contributed by atoms with E-state index >= 15 is 0 Å². The van der Waals surface area contributed by atoms with Gasteiger partial charge < -0.3 is 16.0 Å². The lowest BCUT2D eigenvalue weighted by atomic mass is 9.74. The number of nitrogens with zero attached hydrogens (tertiary/aromatic N) is 1. The molecule has 0 spiro atoms. The fourth-order valence-electron chi connectivity index (χ4n) is 2.52. The smallest absolute Gasteiger partial charge is 0.253 e. The van der Waals surface area contributed by atoms with Gasteiger partial charge in [0.05, 0.1) is 11.4 Å². The van der Waals surface area contributed by atoms with Crippen molar-refractivity contribution in [2.45, 2.75) is 38.1 Å². The van der Waals surface area contributed by atoms with Crippen LogP contribution in [0.25, 0.3) is 0 Å². The van der Waals surface area contributed by atoms with E-state index in [0.29, 0.717) is 11.3 Å². The molecule has 1 saturated carbocycles. The lowest BCUT2D eigenvalue weighted by Crippen LogP contribution is -2.44. The highest BCUT2D eigenvalue weighted by Gasteiger charge is 2.35. The molecule has 0 unspecified atom stereocenters. The van der Waals surface area contributed by atoms with E-state index in [2.05, 4.69) is 12.2 Å². The van der Waals surface area contributed by atoms with Crippen molar-refractivity contribution in [3.8, 4) is 0 Å². The number of hydrogen-bond acceptors (Lipinski definition) is 3. The van der Waals surface area contributed by atoms with Gasteiger partial charge in [0.15, 0.2) is 0 Å². The molecule has 0 aliphatic heterocycles. The van der Waals surface area contributed by atoms with Crippen molar-refractivity contribution in [1.29, 1.82) is 0 Å². The Morgan fingerprint density at radius 1 is 1.42 bits per heavy atom. The number of hydrogen-bond donors (Lipinski definition) is 2. The van der Waals surface area contributed by atoms with E-state index in [0.717, 1.165) is 12.1 Å². The van der Waals surface area contributed by atoms with Crippen molar-refractivity contribution < 1.29 is 4.79 Å². The van der Waals surface area contributed by atoms with E-state index in [1.165, 1.54) is 19.3 Å².